The molecule has 1 aromatic heterocycles. The van der Waals surface area contributed by atoms with Gasteiger partial charge in [0.1, 0.15) is 0 Å². The molecule has 0 aliphatic heterocycles. The normalized spacial score (nSPS) is 17.6. The van der Waals surface area contributed by atoms with Gasteiger partial charge < -0.3 is 5.73 Å². The van der Waals surface area contributed by atoms with Gasteiger partial charge in [-0.1, -0.05) is 6.42 Å². The lowest BCUT2D eigenvalue weighted by Gasteiger charge is -2.03. The highest BCUT2D eigenvalue weighted by Crippen LogP contribution is 2.32. The Morgan fingerprint density at radius 3 is 3.00 bits per heavy atom. The van der Waals surface area contributed by atoms with Crippen LogP contribution in [-0.2, 0) is 12.8 Å². The Balaban J connectivity index is 2.18. The maximum absolute atomic E-state index is 6.02. The fourth-order valence-corrected chi connectivity index (χ4v) is 3.36. The molecule has 15 heavy (non-hydrogen) atoms. The summed E-state index contributed by atoms with van der Waals surface area (Å²) in [6.07, 6.45) is 12.4. The van der Waals surface area contributed by atoms with E-state index in [-0.39, 0.29) is 6.04 Å². The van der Waals surface area contributed by atoms with Crippen LogP contribution in [0.25, 0.3) is 0 Å². The Morgan fingerprint density at radius 2 is 2.20 bits per heavy atom. The number of fused-ring (bicyclic) bond motifs is 1. The average Bonchev–Trinajstić information content (AvgIpc) is 2.51. The van der Waals surface area contributed by atoms with E-state index in [1.165, 1.54) is 42.5 Å². The van der Waals surface area contributed by atoms with Gasteiger partial charge >= 0.3 is 0 Å². The molecule has 0 spiro atoms. The van der Waals surface area contributed by atoms with Crippen molar-refractivity contribution < 1.29 is 0 Å². The second-order valence-electron chi connectivity index (χ2n) is 4.17. The van der Waals surface area contributed by atoms with E-state index in [1.54, 1.807) is 4.88 Å². The minimum absolute atomic E-state index is 0.0481. The second-order valence-corrected chi connectivity index (χ2v) is 5.34. The van der Waals surface area contributed by atoms with Crippen LogP contribution < -0.4 is 5.73 Å². The van der Waals surface area contributed by atoms with E-state index in [4.69, 9.17) is 12.2 Å². The molecule has 2 N–H and O–H groups in total. The van der Waals surface area contributed by atoms with E-state index in [1.807, 2.05) is 11.3 Å². The van der Waals surface area contributed by atoms with Crippen LogP contribution in [0.5, 0.6) is 0 Å². The summed E-state index contributed by atoms with van der Waals surface area (Å²) < 4.78 is 0. The third-order valence-electron chi connectivity index (χ3n) is 2.97. The summed E-state index contributed by atoms with van der Waals surface area (Å²) in [5.41, 5.74) is 7.55. The number of terminal acetylenes is 1. The zero-order valence-electron chi connectivity index (χ0n) is 8.96. The number of hydrogen-bond acceptors (Lipinski definition) is 2. The fraction of sp³-hybridized carbons (Fsp3) is 0.538. The van der Waals surface area contributed by atoms with Gasteiger partial charge in [0.05, 0.1) is 6.04 Å². The Bertz CT molecular complexity index is 349. The van der Waals surface area contributed by atoms with Crippen LogP contribution in [0.1, 0.15) is 47.0 Å². The molecule has 80 valence electrons. The molecule has 2 heteroatoms. The molecule has 0 fully saturated rings. The maximum atomic E-state index is 6.02. The van der Waals surface area contributed by atoms with E-state index in [0.29, 0.717) is 6.42 Å². The lowest BCUT2D eigenvalue weighted by Crippen LogP contribution is -2.06. The fourth-order valence-electron chi connectivity index (χ4n) is 2.10. The van der Waals surface area contributed by atoms with Crippen molar-refractivity contribution in [3.05, 3.63) is 21.4 Å². The minimum Gasteiger partial charge on any atom is -0.322 e. The van der Waals surface area contributed by atoms with Crippen molar-refractivity contribution >= 4 is 11.3 Å². The van der Waals surface area contributed by atoms with Crippen molar-refractivity contribution in [2.45, 2.75) is 44.6 Å². The molecular formula is C13H17NS. The lowest BCUT2D eigenvalue weighted by atomic mass is 10.1. The van der Waals surface area contributed by atoms with Gasteiger partial charge in [0.2, 0.25) is 0 Å². The number of nitrogens with two attached hydrogens (primary N) is 1. The Kier molecular flexibility index (Phi) is 3.45. The predicted octanol–water partition coefficient (Wildman–Crippen LogP) is 3.04. The third-order valence-corrected chi connectivity index (χ3v) is 4.34. The maximum Gasteiger partial charge on any atom is 0.0500 e. The van der Waals surface area contributed by atoms with Crippen molar-refractivity contribution in [2.75, 3.05) is 0 Å². The highest BCUT2D eigenvalue weighted by molar-refractivity contribution is 7.12. The first-order chi connectivity index (χ1) is 7.31. The van der Waals surface area contributed by atoms with Gasteiger partial charge in [-0.15, -0.1) is 23.7 Å². The molecule has 1 heterocycles. The average molecular weight is 219 g/mol. The topological polar surface area (TPSA) is 26.0 Å². The number of rotatable bonds is 2. The van der Waals surface area contributed by atoms with Crippen LogP contribution in [0.15, 0.2) is 6.07 Å². The van der Waals surface area contributed by atoms with Crippen molar-refractivity contribution in [3.8, 4) is 12.3 Å². The molecule has 1 aromatic rings. The standard InChI is InChI=1S/C13H17NS/c1-2-6-11(14)13-9-10-7-4-3-5-8-12(10)15-13/h1,9,11H,3-8,14H2. The van der Waals surface area contributed by atoms with E-state index in [0.717, 1.165) is 0 Å². The van der Waals surface area contributed by atoms with Crippen LogP contribution in [-0.4, -0.2) is 0 Å². The van der Waals surface area contributed by atoms with Gasteiger partial charge in [-0.2, -0.15) is 0 Å². The van der Waals surface area contributed by atoms with Gasteiger partial charge in [0.25, 0.3) is 0 Å². The zero-order chi connectivity index (χ0) is 10.7. The SMILES string of the molecule is C#CCC(N)c1cc2c(s1)CCCCC2. The van der Waals surface area contributed by atoms with E-state index >= 15 is 0 Å². The lowest BCUT2D eigenvalue weighted by molar-refractivity contribution is 0.711. The van der Waals surface area contributed by atoms with Crippen LogP contribution in [0, 0.1) is 12.3 Å². The van der Waals surface area contributed by atoms with Crippen molar-refractivity contribution in [3.63, 3.8) is 0 Å². The van der Waals surface area contributed by atoms with Crippen molar-refractivity contribution in [1.29, 1.82) is 0 Å². The largest absolute Gasteiger partial charge is 0.322 e. The van der Waals surface area contributed by atoms with E-state index in [9.17, 15) is 0 Å². The molecule has 0 amide bonds. The minimum atomic E-state index is 0.0481. The van der Waals surface area contributed by atoms with E-state index < -0.39 is 0 Å². The third kappa shape index (κ3) is 2.42. The van der Waals surface area contributed by atoms with Crippen molar-refractivity contribution in [2.24, 2.45) is 5.73 Å². The van der Waals surface area contributed by atoms with Gasteiger partial charge in [0, 0.05) is 16.2 Å². The summed E-state index contributed by atoms with van der Waals surface area (Å²) in [5, 5.41) is 0. The molecule has 1 nitrogen and oxygen atoms in total. The van der Waals surface area contributed by atoms with Crippen molar-refractivity contribution in [1.82, 2.24) is 0 Å². The zero-order valence-corrected chi connectivity index (χ0v) is 9.78. The first kappa shape index (κ1) is 10.7. The van der Waals surface area contributed by atoms with E-state index in [2.05, 4.69) is 12.0 Å². The summed E-state index contributed by atoms with van der Waals surface area (Å²) in [7, 11) is 0. The molecular weight excluding hydrogens is 202 g/mol. The number of thiophene rings is 1. The summed E-state index contributed by atoms with van der Waals surface area (Å²) in [6.45, 7) is 0. The first-order valence-electron chi connectivity index (χ1n) is 5.62. The Labute approximate surface area is 95.7 Å². The van der Waals surface area contributed by atoms with Gasteiger partial charge in [-0.3, -0.25) is 0 Å². The van der Waals surface area contributed by atoms with Crippen LogP contribution in [0.3, 0.4) is 0 Å². The quantitative estimate of drug-likeness (QED) is 0.600. The summed E-state index contributed by atoms with van der Waals surface area (Å²) in [5.74, 6) is 2.64. The highest BCUT2D eigenvalue weighted by atomic mass is 32.1. The van der Waals surface area contributed by atoms with Gasteiger partial charge in [0.15, 0.2) is 0 Å². The second kappa shape index (κ2) is 4.83. The molecule has 0 bridgehead atoms. The predicted molar refractivity (Wildman–Crippen MR) is 66.0 cm³/mol. The molecule has 0 saturated carbocycles. The Morgan fingerprint density at radius 1 is 1.40 bits per heavy atom. The first-order valence-corrected chi connectivity index (χ1v) is 6.43. The van der Waals surface area contributed by atoms with Gasteiger partial charge in [-0.25, -0.2) is 0 Å². The van der Waals surface area contributed by atoms with Crippen LogP contribution in [0.4, 0.5) is 0 Å². The molecule has 1 aliphatic rings. The summed E-state index contributed by atoms with van der Waals surface area (Å²) >= 11 is 1.88. The molecule has 0 saturated heterocycles. The smallest absolute Gasteiger partial charge is 0.0500 e. The Hall–Kier alpha value is -0.780. The number of aryl methyl sites for hydroxylation is 2. The highest BCUT2D eigenvalue weighted by Gasteiger charge is 2.15. The molecule has 2 rings (SSSR count). The molecule has 0 radical (unpaired) electrons. The van der Waals surface area contributed by atoms with Gasteiger partial charge in [-0.05, 0) is 37.3 Å². The molecule has 1 unspecified atom stereocenters. The molecule has 0 aromatic carbocycles. The monoisotopic (exact) mass is 219 g/mol. The molecule has 1 atom stereocenters. The molecule has 1 aliphatic carbocycles. The summed E-state index contributed by atoms with van der Waals surface area (Å²) in [6, 6.07) is 2.33. The van der Waals surface area contributed by atoms with Crippen LogP contribution in [0.2, 0.25) is 0 Å². The van der Waals surface area contributed by atoms with Crippen LogP contribution >= 0.6 is 11.3 Å². The number of hydrogen-bond donors (Lipinski definition) is 1. The summed E-state index contributed by atoms with van der Waals surface area (Å²) in [4.78, 5) is 2.83.